The second-order valence-corrected chi connectivity index (χ2v) is 7.46. The van der Waals surface area contributed by atoms with Crippen molar-refractivity contribution in [3.63, 3.8) is 0 Å². The SMILES string of the molecule is CN1CCc2nc(N/C=C(/C#N)C(=O)NCc3ccccc3Cl)sc2C1. The van der Waals surface area contributed by atoms with Crippen LogP contribution in [0, 0.1) is 11.3 Å². The number of amides is 1. The van der Waals surface area contributed by atoms with Crippen LogP contribution >= 0.6 is 22.9 Å². The van der Waals surface area contributed by atoms with Gasteiger partial charge in [0.1, 0.15) is 11.6 Å². The van der Waals surface area contributed by atoms with Gasteiger partial charge >= 0.3 is 0 Å². The van der Waals surface area contributed by atoms with E-state index in [9.17, 15) is 10.1 Å². The molecule has 2 N–H and O–H groups in total. The van der Waals surface area contributed by atoms with E-state index < -0.39 is 5.91 Å². The summed E-state index contributed by atoms with van der Waals surface area (Å²) in [4.78, 5) is 20.2. The third-order valence-corrected chi connectivity index (χ3v) is 5.41. The minimum absolute atomic E-state index is 0.0117. The van der Waals surface area contributed by atoms with Crippen molar-refractivity contribution in [1.82, 2.24) is 15.2 Å². The summed E-state index contributed by atoms with van der Waals surface area (Å²) in [5.74, 6) is -0.457. The zero-order valence-electron chi connectivity index (χ0n) is 14.3. The molecular weight excluding hydrogens is 370 g/mol. The number of carbonyl (C=O) groups excluding carboxylic acids is 1. The Hall–Kier alpha value is -2.40. The van der Waals surface area contributed by atoms with Gasteiger partial charge in [-0.25, -0.2) is 4.98 Å². The highest BCUT2D eigenvalue weighted by molar-refractivity contribution is 7.15. The number of aromatic nitrogens is 1. The molecule has 26 heavy (non-hydrogen) atoms. The largest absolute Gasteiger partial charge is 0.347 e. The van der Waals surface area contributed by atoms with E-state index in [1.165, 1.54) is 11.1 Å². The van der Waals surface area contributed by atoms with Crippen LogP contribution in [0.2, 0.25) is 5.02 Å². The highest BCUT2D eigenvalue weighted by Crippen LogP contribution is 2.27. The molecule has 1 aromatic heterocycles. The molecule has 1 aliphatic heterocycles. The van der Waals surface area contributed by atoms with E-state index in [0.29, 0.717) is 10.2 Å². The van der Waals surface area contributed by atoms with E-state index in [4.69, 9.17) is 11.6 Å². The molecule has 1 aromatic carbocycles. The summed E-state index contributed by atoms with van der Waals surface area (Å²) < 4.78 is 0. The van der Waals surface area contributed by atoms with Crippen molar-refractivity contribution in [1.29, 1.82) is 5.26 Å². The Morgan fingerprint density at radius 3 is 3.08 bits per heavy atom. The van der Waals surface area contributed by atoms with Crippen molar-refractivity contribution in [2.75, 3.05) is 18.9 Å². The number of thiazole rings is 1. The molecular formula is C18H18ClN5OS. The zero-order valence-corrected chi connectivity index (χ0v) is 15.8. The van der Waals surface area contributed by atoms with E-state index in [1.54, 1.807) is 17.4 Å². The van der Waals surface area contributed by atoms with E-state index in [-0.39, 0.29) is 12.1 Å². The van der Waals surface area contributed by atoms with Crippen LogP contribution in [0.15, 0.2) is 36.0 Å². The summed E-state index contributed by atoms with van der Waals surface area (Å²) in [6, 6.07) is 9.17. The molecule has 8 heteroatoms. The van der Waals surface area contributed by atoms with Crippen molar-refractivity contribution in [3.05, 3.63) is 57.2 Å². The maximum absolute atomic E-state index is 12.2. The van der Waals surface area contributed by atoms with Gasteiger partial charge in [-0.15, -0.1) is 11.3 Å². The standard InChI is InChI=1S/C18H18ClN5OS/c1-24-7-6-15-16(11-24)26-18(23-15)22-10-13(8-20)17(25)21-9-12-4-2-3-5-14(12)19/h2-5,10H,6-7,9,11H2,1H3,(H,21,25)(H,22,23)/b13-10-. The third-order valence-electron chi connectivity index (χ3n) is 4.02. The maximum atomic E-state index is 12.2. The van der Waals surface area contributed by atoms with Crippen LogP contribution in [0.25, 0.3) is 0 Å². The van der Waals surface area contributed by atoms with Crippen LogP contribution in [0.1, 0.15) is 16.1 Å². The van der Waals surface area contributed by atoms with Gasteiger partial charge in [-0.3, -0.25) is 4.79 Å². The second kappa shape index (κ2) is 8.32. The summed E-state index contributed by atoms with van der Waals surface area (Å²) in [5.41, 5.74) is 1.87. The normalized spacial score (nSPS) is 14.4. The molecule has 2 aromatic rings. The topological polar surface area (TPSA) is 81.1 Å². The average Bonchev–Trinajstić information content (AvgIpc) is 3.03. The van der Waals surface area contributed by atoms with E-state index in [1.807, 2.05) is 24.3 Å². The number of nitrogens with zero attached hydrogens (tertiary/aromatic N) is 3. The second-order valence-electron chi connectivity index (χ2n) is 5.96. The molecule has 134 valence electrons. The molecule has 6 nitrogen and oxygen atoms in total. The first-order chi connectivity index (χ1) is 12.6. The Kier molecular flexibility index (Phi) is 5.89. The van der Waals surface area contributed by atoms with Crippen molar-refractivity contribution in [2.24, 2.45) is 0 Å². The lowest BCUT2D eigenvalue weighted by Gasteiger charge is -2.20. The number of likely N-dealkylation sites (N-methyl/N-ethyl adjacent to an activating group) is 1. The van der Waals surface area contributed by atoms with Crippen molar-refractivity contribution in [2.45, 2.75) is 19.5 Å². The number of anilines is 1. The molecule has 0 spiro atoms. The molecule has 0 bridgehead atoms. The lowest BCUT2D eigenvalue weighted by molar-refractivity contribution is -0.117. The first-order valence-electron chi connectivity index (χ1n) is 8.12. The molecule has 0 saturated carbocycles. The van der Waals surface area contributed by atoms with Gasteiger partial charge in [0.15, 0.2) is 5.13 Å². The number of carbonyl (C=O) groups is 1. The average molecular weight is 388 g/mol. The Bertz CT molecular complexity index is 886. The number of benzene rings is 1. The molecule has 0 atom stereocenters. The van der Waals surface area contributed by atoms with Crippen LogP contribution in [-0.4, -0.2) is 29.4 Å². The third kappa shape index (κ3) is 4.41. The number of hydrogen-bond acceptors (Lipinski definition) is 6. The molecule has 3 rings (SSSR count). The fraction of sp³-hybridized carbons (Fsp3) is 0.278. The summed E-state index contributed by atoms with van der Waals surface area (Å²) in [5, 5.41) is 16.2. The van der Waals surface area contributed by atoms with Crippen molar-refractivity contribution < 1.29 is 4.79 Å². The van der Waals surface area contributed by atoms with Crippen LogP contribution in [0.3, 0.4) is 0 Å². The highest BCUT2D eigenvalue weighted by atomic mass is 35.5. The molecule has 0 unspecified atom stereocenters. The number of nitriles is 1. The van der Waals surface area contributed by atoms with Crippen LogP contribution in [-0.2, 0) is 24.3 Å². The first kappa shape index (κ1) is 18.4. The van der Waals surface area contributed by atoms with Crippen molar-refractivity contribution >= 4 is 34.0 Å². The van der Waals surface area contributed by atoms with Gasteiger partial charge in [-0.05, 0) is 18.7 Å². The smallest absolute Gasteiger partial charge is 0.263 e. The molecule has 0 radical (unpaired) electrons. The number of fused-ring (bicyclic) bond motifs is 1. The van der Waals surface area contributed by atoms with E-state index >= 15 is 0 Å². The van der Waals surface area contributed by atoms with Gasteiger partial charge in [0.2, 0.25) is 0 Å². The van der Waals surface area contributed by atoms with Gasteiger partial charge in [0, 0.05) is 42.2 Å². The minimum Gasteiger partial charge on any atom is -0.347 e. The lowest BCUT2D eigenvalue weighted by atomic mass is 10.2. The van der Waals surface area contributed by atoms with Crippen LogP contribution in [0.4, 0.5) is 5.13 Å². The fourth-order valence-electron chi connectivity index (χ4n) is 2.58. The summed E-state index contributed by atoms with van der Waals surface area (Å²) in [6.07, 6.45) is 2.31. The summed E-state index contributed by atoms with van der Waals surface area (Å²) in [6.45, 7) is 2.12. The van der Waals surface area contributed by atoms with E-state index in [2.05, 4.69) is 27.6 Å². The molecule has 1 aliphatic rings. The highest BCUT2D eigenvalue weighted by Gasteiger charge is 2.18. The molecule has 0 saturated heterocycles. The number of nitrogens with one attached hydrogen (secondary N) is 2. The van der Waals surface area contributed by atoms with Gasteiger partial charge < -0.3 is 15.5 Å². The van der Waals surface area contributed by atoms with Gasteiger partial charge in [-0.2, -0.15) is 5.26 Å². The monoisotopic (exact) mass is 387 g/mol. The number of halogens is 1. The molecule has 0 aliphatic carbocycles. The lowest BCUT2D eigenvalue weighted by Crippen LogP contribution is -2.25. The Morgan fingerprint density at radius 1 is 1.50 bits per heavy atom. The number of rotatable bonds is 5. The number of hydrogen-bond donors (Lipinski definition) is 2. The summed E-state index contributed by atoms with van der Waals surface area (Å²) in [7, 11) is 2.08. The molecule has 0 fully saturated rings. The first-order valence-corrected chi connectivity index (χ1v) is 9.32. The Morgan fingerprint density at radius 2 is 2.31 bits per heavy atom. The van der Waals surface area contributed by atoms with Crippen molar-refractivity contribution in [3.8, 4) is 6.07 Å². The maximum Gasteiger partial charge on any atom is 0.263 e. The van der Waals surface area contributed by atoms with Gasteiger partial charge in [0.05, 0.1) is 5.69 Å². The predicted octanol–water partition coefficient (Wildman–Crippen LogP) is 2.92. The summed E-state index contributed by atoms with van der Waals surface area (Å²) >= 11 is 7.62. The Balaban J connectivity index is 1.62. The van der Waals surface area contributed by atoms with Crippen LogP contribution in [0.5, 0.6) is 0 Å². The van der Waals surface area contributed by atoms with Gasteiger partial charge in [-0.1, -0.05) is 29.8 Å². The quantitative estimate of drug-likeness (QED) is 0.609. The van der Waals surface area contributed by atoms with Gasteiger partial charge in [0.25, 0.3) is 5.91 Å². The minimum atomic E-state index is -0.457. The Labute approximate surface area is 161 Å². The molecule has 1 amide bonds. The zero-order chi connectivity index (χ0) is 18.5. The van der Waals surface area contributed by atoms with Crippen LogP contribution < -0.4 is 10.6 Å². The van der Waals surface area contributed by atoms with E-state index in [0.717, 1.165) is 30.8 Å². The fourth-order valence-corrected chi connectivity index (χ4v) is 3.84. The predicted molar refractivity (Wildman–Crippen MR) is 103 cm³/mol. The molecule has 2 heterocycles.